The SMILES string of the molecule is CCC(C)Oc1ccc(C(=O)Nc2ccc(-c3n[nH]c(CN)n3)cc2)cc1. The summed E-state index contributed by atoms with van der Waals surface area (Å²) in [6.45, 7) is 4.39. The summed E-state index contributed by atoms with van der Waals surface area (Å²) in [5.74, 6) is 1.78. The van der Waals surface area contributed by atoms with E-state index in [0.29, 0.717) is 29.4 Å². The molecule has 7 heteroatoms. The number of rotatable bonds is 7. The van der Waals surface area contributed by atoms with Gasteiger partial charge < -0.3 is 15.8 Å². The molecule has 3 rings (SSSR count). The standard InChI is InChI=1S/C20H23N5O2/c1-3-13(2)27-17-10-6-15(7-11-17)20(26)22-16-8-4-14(5-9-16)19-23-18(12-21)24-25-19/h4-11,13H,3,12,21H2,1-2H3,(H,22,26)(H,23,24,25). The van der Waals surface area contributed by atoms with Crippen molar-refractivity contribution in [3.63, 3.8) is 0 Å². The summed E-state index contributed by atoms with van der Waals surface area (Å²) in [6, 6.07) is 14.4. The number of H-pyrrole nitrogens is 1. The van der Waals surface area contributed by atoms with E-state index >= 15 is 0 Å². The highest BCUT2D eigenvalue weighted by Gasteiger charge is 2.09. The lowest BCUT2D eigenvalue weighted by Crippen LogP contribution is -2.12. The van der Waals surface area contributed by atoms with Crippen molar-refractivity contribution in [3.8, 4) is 17.1 Å². The highest BCUT2D eigenvalue weighted by Crippen LogP contribution is 2.19. The average molecular weight is 365 g/mol. The molecule has 1 atom stereocenters. The number of anilines is 1. The maximum absolute atomic E-state index is 12.4. The highest BCUT2D eigenvalue weighted by molar-refractivity contribution is 6.04. The molecule has 7 nitrogen and oxygen atoms in total. The highest BCUT2D eigenvalue weighted by atomic mass is 16.5. The lowest BCUT2D eigenvalue weighted by molar-refractivity contribution is 0.102. The minimum absolute atomic E-state index is 0.146. The van der Waals surface area contributed by atoms with Crippen LogP contribution < -0.4 is 15.8 Å². The number of ether oxygens (including phenoxy) is 1. The van der Waals surface area contributed by atoms with Crippen molar-refractivity contribution in [2.24, 2.45) is 5.73 Å². The first-order valence-corrected chi connectivity index (χ1v) is 8.89. The Balaban J connectivity index is 1.63. The zero-order valence-corrected chi connectivity index (χ0v) is 15.4. The molecule has 4 N–H and O–H groups in total. The van der Waals surface area contributed by atoms with Crippen LogP contribution in [0.1, 0.15) is 36.5 Å². The van der Waals surface area contributed by atoms with Gasteiger partial charge in [-0.3, -0.25) is 9.89 Å². The molecule has 0 aliphatic heterocycles. The van der Waals surface area contributed by atoms with E-state index in [9.17, 15) is 4.79 Å². The summed E-state index contributed by atoms with van der Waals surface area (Å²) in [7, 11) is 0. The Kier molecular flexibility index (Phi) is 5.83. The van der Waals surface area contributed by atoms with Crippen LogP contribution in [0.4, 0.5) is 5.69 Å². The first-order valence-electron chi connectivity index (χ1n) is 8.89. The normalized spacial score (nSPS) is 11.8. The van der Waals surface area contributed by atoms with Crippen LogP contribution in [0.2, 0.25) is 0 Å². The van der Waals surface area contributed by atoms with Gasteiger partial charge in [0.25, 0.3) is 5.91 Å². The minimum Gasteiger partial charge on any atom is -0.491 e. The van der Waals surface area contributed by atoms with E-state index in [1.807, 2.05) is 43.3 Å². The number of carbonyl (C=O) groups excluding carboxylic acids is 1. The van der Waals surface area contributed by atoms with Crippen LogP contribution in [0.15, 0.2) is 48.5 Å². The van der Waals surface area contributed by atoms with Gasteiger partial charge in [0, 0.05) is 16.8 Å². The number of carbonyl (C=O) groups is 1. The van der Waals surface area contributed by atoms with E-state index in [2.05, 4.69) is 27.4 Å². The molecule has 0 fully saturated rings. The number of aromatic nitrogens is 3. The molecule has 2 aromatic carbocycles. The molecule has 0 aliphatic carbocycles. The van der Waals surface area contributed by atoms with Gasteiger partial charge in [0.2, 0.25) is 0 Å². The van der Waals surface area contributed by atoms with Crippen molar-refractivity contribution in [1.82, 2.24) is 15.2 Å². The molecule has 0 aliphatic rings. The summed E-state index contributed by atoms with van der Waals surface area (Å²) in [5, 5.41) is 9.77. The summed E-state index contributed by atoms with van der Waals surface area (Å²) in [4.78, 5) is 16.7. The molecule has 1 aromatic heterocycles. The second-order valence-corrected chi connectivity index (χ2v) is 6.20. The molecule has 27 heavy (non-hydrogen) atoms. The quantitative estimate of drug-likeness (QED) is 0.595. The van der Waals surface area contributed by atoms with Gasteiger partial charge in [0.15, 0.2) is 5.82 Å². The van der Waals surface area contributed by atoms with Gasteiger partial charge >= 0.3 is 0 Å². The smallest absolute Gasteiger partial charge is 0.255 e. The number of benzene rings is 2. The molecule has 1 unspecified atom stereocenters. The third-order valence-corrected chi connectivity index (χ3v) is 4.15. The van der Waals surface area contributed by atoms with Gasteiger partial charge in [-0.2, -0.15) is 5.10 Å². The molecule has 0 bridgehead atoms. The third kappa shape index (κ3) is 4.71. The fourth-order valence-electron chi connectivity index (χ4n) is 2.42. The van der Waals surface area contributed by atoms with E-state index in [0.717, 1.165) is 17.7 Å². The van der Waals surface area contributed by atoms with Crippen LogP contribution in [-0.4, -0.2) is 27.2 Å². The fourth-order valence-corrected chi connectivity index (χ4v) is 2.42. The van der Waals surface area contributed by atoms with Crippen LogP contribution in [0.3, 0.4) is 0 Å². The summed E-state index contributed by atoms with van der Waals surface area (Å²) in [6.07, 6.45) is 1.08. The first kappa shape index (κ1) is 18.6. The maximum atomic E-state index is 12.4. The number of aromatic amines is 1. The first-order chi connectivity index (χ1) is 13.1. The van der Waals surface area contributed by atoms with Crippen LogP contribution in [0.5, 0.6) is 5.75 Å². The van der Waals surface area contributed by atoms with Crippen LogP contribution >= 0.6 is 0 Å². The molecule has 0 radical (unpaired) electrons. The Morgan fingerprint density at radius 3 is 2.48 bits per heavy atom. The van der Waals surface area contributed by atoms with Gasteiger partial charge in [0.05, 0.1) is 12.6 Å². The monoisotopic (exact) mass is 365 g/mol. The molecule has 1 heterocycles. The number of amides is 1. The van der Waals surface area contributed by atoms with E-state index in [4.69, 9.17) is 10.5 Å². The van der Waals surface area contributed by atoms with Gasteiger partial charge in [-0.25, -0.2) is 4.98 Å². The number of hydrogen-bond acceptors (Lipinski definition) is 5. The largest absolute Gasteiger partial charge is 0.491 e. The number of nitrogens with two attached hydrogens (primary N) is 1. The predicted molar refractivity (Wildman–Crippen MR) is 104 cm³/mol. The Bertz CT molecular complexity index is 887. The molecule has 0 saturated carbocycles. The van der Waals surface area contributed by atoms with E-state index in [1.54, 1.807) is 12.1 Å². The number of hydrogen-bond donors (Lipinski definition) is 3. The van der Waals surface area contributed by atoms with Gasteiger partial charge in [-0.15, -0.1) is 0 Å². The molecular formula is C20H23N5O2. The van der Waals surface area contributed by atoms with Crippen molar-refractivity contribution in [3.05, 3.63) is 59.9 Å². The molecular weight excluding hydrogens is 342 g/mol. The average Bonchev–Trinajstić information content (AvgIpc) is 3.18. The van der Waals surface area contributed by atoms with Crippen molar-refractivity contribution in [2.75, 3.05) is 5.32 Å². The van der Waals surface area contributed by atoms with Crippen molar-refractivity contribution >= 4 is 11.6 Å². The van der Waals surface area contributed by atoms with Crippen LogP contribution in [-0.2, 0) is 6.54 Å². The lowest BCUT2D eigenvalue weighted by Gasteiger charge is -2.12. The van der Waals surface area contributed by atoms with Crippen molar-refractivity contribution in [1.29, 1.82) is 0 Å². The van der Waals surface area contributed by atoms with Crippen molar-refractivity contribution in [2.45, 2.75) is 32.9 Å². The molecule has 1 amide bonds. The van der Waals surface area contributed by atoms with Gasteiger partial charge in [-0.1, -0.05) is 6.92 Å². The predicted octanol–water partition coefficient (Wildman–Crippen LogP) is 3.36. The zero-order valence-electron chi connectivity index (χ0n) is 15.4. The molecule has 3 aromatic rings. The second-order valence-electron chi connectivity index (χ2n) is 6.20. The van der Waals surface area contributed by atoms with Gasteiger partial charge in [0.1, 0.15) is 11.6 Å². The Morgan fingerprint density at radius 2 is 1.89 bits per heavy atom. The van der Waals surface area contributed by atoms with E-state index in [1.165, 1.54) is 0 Å². The molecule has 140 valence electrons. The zero-order chi connectivity index (χ0) is 19.2. The summed E-state index contributed by atoms with van der Waals surface area (Å²) in [5.41, 5.74) is 7.63. The lowest BCUT2D eigenvalue weighted by atomic mass is 10.1. The van der Waals surface area contributed by atoms with Gasteiger partial charge in [-0.05, 0) is 61.9 Å². The molecule has 0 spiro atoms. The number of nitrogens with one attached hydrogen (secondary N) is 2. The fraction of sp³-hybridized carbons (Fsp3) is 0.250. The third-order valence-electron chi connectivity index (χ3n) is 4.15. The van der Waals surface area contributed by atoms with Crippen molar-refractivity contribution < 1.29 is 9.53 Å². The second kappa shape index (κ2) is 8.46. The van der Waals surface area contributed by atoms with E-state index < -0.39 is 0 Å². The van der Waals surface area contributed by atoms with Crippen LogP contribution in [0, 0.1) is 0 Å². The summed E-state index contributed by atoms with van der Waals surface area (Å²) < 4.78 is 5.73. The Morgan fingerprint density at radius 1 is 1.19 bits per heavy atom. The molecule has 0 saturated heterocycles. The minimum atomic E-state index is -0.179. The van der Waals surface area contributed by atoms with E-state index in [-0.39, 0.29) is 12.0 Å². The Hall–Kier alpha value is -3.19. The summed E-state index contributed by atoms with van der Waals surface area (Å²) >= 11 is 0. The van der Waals surface area contributed by atoms with Crippen LogP contribution in [0.25, 0.3) is 11.4 Å². The topological polar surface area (TPSA) is 106 Å². The Labute approximate surface area is 158 Å². The maximum Gasteiger partial charge on any atom is 0.255 e. The number of nitrogens with zero attached hydrogens (tertiary/aromatic N) is 2.